The van der Waals surface area contributed by atoms with Crippen LogP contribution in [0.5, 0.6) is 0 Å². The van der Waals surface area contributed by atoms with Crippen LogP contribution >= 0.6 is 0 Å². The van der Waals surface area contributed by atoms with Gasteiger partial charge in [-0.05, 0) is 153 Å². The van der Waals surface area contributed by atoms with Crippen molar-refractivity contribution in [1.29, 1.82) is 0 Å². The first-order valence-corrected chi connectivity index (χ1v) is 24.4. The summed E-state index contributed by atoms with van der Waals surface area (Å²) in [6, 6.07) is 72.9. The predicted octanol–water partition coefficient (Wildman–Crippen LogP) is 15.9. The molecule has 0 spiro atoms. The SMILES string of the molecule is CCn1c2ccccc2c2cc(CCC(Cc3ccccc3)c3ccc4c(c3)c3c(n4-c4ccccc4)C=CC4(N(c5ccccc5)c5ccc6c(c5)c5ccccc5n6CC)CC34)ccc21. The van der Waals surface area contributed by atoms with Gasteiger partial charge in [-0.3, -0.25) is 0 Å². The smallest absolute Gasteiger partial charge is 0.0714 e. The lowest BCUT2D eigenvalue weighted by molar-refractivity contribution is 0.622. The molecule has 11 aromatic rings. The summed E-state index contributed by atoms with van der Waals surface area (Å²) in [5, 5.41) is 6.72. The Morgan fingerprint density at radius 2 is 1.12 bits per heavy atom. The molecule has 8 aromatic carbocycles. The third kappa shape index (κ3) is 6.33. The fourth-order valence-corrected chi connectivity index (χ4v) is 12.3. The molecule has 13 rings (SSSR count). The van der Waals surface area contributed by atoms with Gasteiger partial charge >= 0.3 is 0 Å². The standard InChI is InChI=1S/C63H54N4/c1-3-64-56-26-16-14-24-50(56)52-39-44(29-33-58(52)64)28-30-45(38-43-18-8-5-9-19-43)46-31-34-60-54(40-46)62-55-42-63(55,37-36-61(62)66(60)47-20-10-6-11-21-47)67(48-22-12-7-13-23-48)49-32-35-59-53(41-49)51-25-15-17-27-57(51)65(59)4-2/h5-27,29,31-37,39-41,45,55H,3-4,28,30,38,42H2,1-2H3. The maximum atomic E-state index is 2.66. The van der Waals surface area contributed by atoms with E-state index in [9.17, 15) is 0 Å². The molecule has 4 nitrogen and oxygen atoms in total. The normalized spacial score (nSPS) is 16.8. The van der Waals surface area contributed by atoms with Gasteiger partial charge in [-0.1, -0.05) is 121 Å². The van der Waals surface area contributed by atoms with Crippen LogP contribution in [0.3, 0.4) is 0 Å². The van der Waals surface area contributed by atoms with Crippen LogP contribution < -0.4 is 4.90 Å². The van der Waals surface area contributed by atoms with Crippen molar-refractivity contribution >= 4 is 72.0 Å². The second-order valence-electron chi connectivity index (χ2n) is 19.0. The topological polar surface area (TPSA) is 18.0 Å². The zero-order valence-corrected chi connectivity index (χ0v) is 38.3. The van der Waals surface area contributed by atoms with Crippen molar-refractivity contribution < 1.29 is 0 Å². The second-order valence-corrected chi connectivity index (χ2v) is 19.0. The average molecular weight is 867 g/mol. The fraction of sp³-hybridized carbons (Fsp3) is 0.175. The van der Waals surface area contributed by atoms with Crippen LogP contribution in [-0.2, 0) is 25.9 Å². The highest BCUT2D eigenvalue weighted by molar-refractivity contribution is 6.10. The van der Waals surface area contributed by atoms with E-state index in [0.29, 0.717) is 11.8 Å². The molecule has 3 aromatic heterocycles. The molecule has 0 aliphatic heterocycles. The van der Waals surface area contributed by atoms with Crippen LogP contribution in [0, 0.1) is 0 Å². The summed E-state index contributed by atoms with van der Waals surface area (Å²) in [6.45, 7) is 6.40. The molecule has 1 saturated carbocycles. The van der Waals surface area contributed by atoms with Gasteiger partial charge in [0.2, 0.25) is 0 Å². The first-order chi connectivity index (χ1) is 33.1. The van der Waals surface area contributed by atoms with Gasteiger partial charge in [0.15, 0.2) is 0 Å². The Hall–Kier alpha value is -7.56. The zero-order valence-electron chi connectivity index (χ0n) is 38.3. The lowest BCUT2D eigenvalue weighted by Gasteiger charge is -2.35. The Labute approximate surface area is 392 Å². The molecule has 3 atom stereocenters. The van der Waals surface area contributed by atoms with Gasteiger partial charge in [0.05, 0.1) is 16.7 Å². The van der Waals surface area contributed by atoms with Crippen LogP contribution in [-0.4, -0.2) is 19.2 Å². The van der Waals surface area contributed by atoms with E-state index < -0.39 is 0 Å². The van der Waals surface area contributed by atoms with Crippen LogP contribution in [0.1, 0.15) is 66.5 Å². The number of aryl methyl sites for hydroxylation is 3. The number of anilines is 2. The van der Waals surface area contributed by atoms with Gasteiger partial charge in [0.25, 0.3) is 0 Å². The molecule has 326 valence electrons. The molecule has 3 heterocycles. The molecule has 0 N–H and O–H groups in total. The monoisotopic (exact) mass is 866 g/mol. The Morgan fingerprint density at radius 3 is 1.82 bits per heavy atom. The van der Waals surface area contributed by atoms with Crippen molar-refractivity contribution in [3.8, 4) is 5.69 Å². The number of para-hydroxylation sites is 4. The number of hydrogen-bond acceptors (Lipinski definition) is 1. The van der Waals surface area contributed by atoms with Crippen molar-refractivity contribution in [2.24, 2.45) is 0 Å². The maximum absolute atomic E-state index is 2.66. The quantitative estimate of drug-likeness (QED) is 0.120. The molecule has 0 bridgehead atoms. The van der Waals surface area contributed by atoms with Gasteiger partial charge < -0.3 is 18.6 Å². The summed E-state index contributed by atoms with van der Waals surface area (Å²) in [5.41, 5.74) is 17.0. The minimum absolute atomic E-state index is 0.208. The van der Waals surface area contributed by atoms with E-state index >= 15 is 0 Å². The highest BCUT2D eigenvalue weighted by Crippen LogP contribution is 2.64. The number of rotatable bonds is 12. The van der Waals surface area contributed by atoms with E-state index in [0.717, 1.165) is 38.8 Å². The summed E-state index contributed by atoms with van der Waals surface area (Å²) in [4.78, 5) is 2.66. The van der Waals surface area contributed by atoms with E-state index in [1.165, 1.54) is 99.5 Å². The number of nitrogens with zero attached hydrogens (tertiary/aromatic N) is 4. The maximum Gasteiger partial charge on any atom is 0.0714 e. The highest BCUT2D eigenvalue weighted by atomic mass is 15.3. The number of hydrogen-bond donors (Lipinski definition) is 0. The third-order valence-corrected chi connectivity index (χ3v) is 15.4. The molecular weight excluding hydrogens is 813 g/mol. The van der Waals surface area contributed by atoms with Crippen molar-refractivity contribution in [3.05, 3.63) is 228 Å². The summed E-state index contributed by atoms with van der Waals surface area (Å²) in [6.07, 6.45) is 9.11. The second kappa shape index (κ2) is 15.8. The minimum atomic E-state index is -0.208. The summed E-state index contributed by atoms with van der Waals surface area (Å²) in [7, 11) is 0. The molecule has 4 heteroatoms. The van der Waals surface area contributed by atoms with Gasteiger partial charge in [-0.25, -0.2) is 0 Å². The van der Waals surface area contributed by atoms with E-state index in [4.69, 9.17) is 0 Å². The average Bonchev–Trinajstić information content (AvgIpc) is 3.74. The van der Waals surface area contributed by atoms with E-state index in [1.807, 2.05) is 0 Å². The molecule has 0 radical (unpaired) electrons. The predicted molar refractivity (Wildman–Crippen MR) is 282 cm³/mol. The number of benzene rings is 8. The third-order valence-electron chi connectivity index (χ3n) is 15.4. The van der Waals surface area contributed by atoms with Crippen LogP contribution in [0.2, 0.25) is 0 Å². The van der Waals surface area contributed by atoms with E-state index in [-0.39, 0.29) is 5.54 Å². The summed E-state index contributed by atoms with van der Waals surface area (Å²) < 4.78 is 7.44. The molecule has 2 aliphatic rings. The lowest BCUT2D eigenvalue weighted by Crippen LogP contribution is -2.34. The van der Waals surface area contributed by atoms with Crippen molar-refractivity contribution in [1.82, 2.24) is 13.7 Å². The fourth-order valence-electron chi connectivity index (χ4n) is 12.3. The van der Waals surface area contributed by atoms with Gasteiger partial charge in [-0.15, -0.1) is 0 Å². The van der Waals surface area contributed by atoms with Crippen molar-refractivity contribution in [2.75, 3.05) is 4.90 Å². The Kier molecular flexibility index (Phi) is 9.38. The van der Waals surface area contributed by atoms with Crippen LogP contribution in [0.25, 0.3) is 66.3 Å². The van der Waals surface area contributed by atoms with Crippen LogP contribution in [0.15, 0.2) is 200 Å². The van der Waals surface area contributed by atoms with Crippen molar-refractivity contribution in [3.63, 3.8) is 0 Å². The molecule has 0 saturated heterocycles. The van der Waals surface area contributed by atoms with Gasteiger partial charge in [-0.2, -0.15) is 0 Å². The van der Waals surface area contributed by atoms with Gasteiger partial charge in [0.1, 0.15) is 0 Å². The Balaban J connectivity index is 0.934. The molecule has 67 heavy (non-hydrogen) atoms. The molecule has 3 unspecified atom stereocenters. The number of aromatic nitrogens is 3. The molecular formula is C63H54N4. The number of fused-ring (bicyclic) bond motifs is 11. The molecule has 1 fully saturated rings. The Bertz CT molecular complexity index is 3680. The Morgan fingerprint density at radius 1 is 0.522 bits per heavy atom. The molecule has 0 amide bonds. The van der Waals surface area contributed by atoms with Gasteiger partial charge in [0, 0.05) is 85.1 Å². The van der Waals surface area contributed by atoms with Crippen LogP contribution in [0.4, 0.5) is 11.4 Å². The summed E-state index contributed by atoms with van der Waals surface area (Å²) >= 11 is 0. The lowest BCUT2D eigenvalue weighted by atomic mass is 9.85. The first kappa shape index (κ1) is 39.8. The van der Waals surface area contributed by atoms with E-state index in [1.54, 1.807) is 0 Å². The zero-order chi connectivity index (χ0) is 44.6. The largest absolute Gasteiger partial charge is 0.341 e. The highest BCUT2D eigenvalue weighted by Gasteiger charge is 2.61. The molecule has 2 aliphatic carbocycles. The minimum Gasteiger partial charge on any atom is -0.341 e. The summed E-state index contributed by atoms with van der Waals surface area (Å²) in [5.74, 6) is 0.656. The van der Waals surface area contributed by atoms with Crippen molar-refractivity contribution in [2.45, 2.75) is 70.0 Å². The van der Waals surface area contributed by atoms with E-state index in [2.05, 4.69) is 239 Å². The first-order valence-electron chi connectivity index (χ1n) is 24.4.